The monoisotopic (exact) mass is 606 g/mol. The minimum Gasteiger partial charge on any atom is -1.00 e. The van der Waals surface area contributed by atoms with E-state index >= 15 is 0 Å². The van der Waals surface area contributed by atoms with Crippen molar-refractivity contribution >= 4 is 0 Å². The smallest absolute Gasteiger partial charge is 0.249 e. The number of hydrogen-bond donors (Lipinski definition) is 0. The van der Waals surface area contributed by atoms with Crippen LogP contribution in [0.4, 0.5) is 0 Å². The average molecular weight is 606 g/mol. The van der Waals surface area contributed by atoms with Crippen molar-refractivity contribution in [2.24, 2.45) is 0 Å². The number of rotatable bonds is 4. The molecule has 0 aliphatic carbocycles. The second-order valence-corrected chi connectivity index (χ2v) is 8.71. The fraction of sp³-hybridized carbons (Fsp3) is 0.455. The molecule has 4 nitrogen and oxygen atoms in total. The third-order valence-electron chi connectivity index (χ3n) is 4.87. The number of hydrogen-bond acceptors (Lipinski definition) is 0. The van der Waals surface area contributed by atoms with Gasteiger partial charge in [0.1, 0.15) is 36.2 Å². The molecule has 2 aromatic heterocycles. The molecule has 0 atom stereocenters. The summed E-state index contributed by atoms with van der Waals surface area (Å²) >= 11 is 0. The number of benzene rings is 1. The van der Waals surface area contributed by atoms with Gasteiger partial charge in [-0.1, -0.05) is 20.8 Å². The normalized spacial score (nSPS) is 11.5. The molecule has 0 radical (unpaired) electrons. The number of imidazole rings is 2. The molecular weight excluding hydrogens is 574 g/mol. The second-order valence-electron chi connectivity index (χ2n) is 8.71. The van der Waals surface area contributed by atoms with Gasteiger partial charge < -0.3 is 48.0 Å². The van der Waals surface area contributed by atoms with Crippen molar-refractivity contribution in [1.29, 1.82) is 0 Å². The van der Waals surface area contributed by atoms with E-state index < -0.39 is 0 Å². The van der Waals surface area contributed by atoms with Crippen molar-refractivity contribution in [3.63, 3.8) is 0 Å². The Morgan fingerprint density at radius 3 is 1.39 bits per heavy atom. The Balaban J connectivity index is 0.00000196. The zero-order chi connectivity index (χ0) is 19.1. The first kappa shape index (κ1) is 25.1. The highest BCUT2D eigenvalue weighted by Gasteiger charge is 2.20. The van der Waals surface area contributed by atoms with Crippen molar-refractivity contribution in [1.82, 2.24) is 9.13 Å². The molecule has 154 valence electrons. The highest BCUT2D eigenvalue weighted by molar-refractivity contribution is 5.49. The van der Waals surface area contributed by atoms with E-state index in [1.54, 1.807) is 0 Å². The summed E-state index contributed by atoms with van der Waals surface area (Å²) in [5, 5.41) is 0. The Kier molecular flexibility index (Phi) is 8.74. The lowest BCUT2D eigenvalue weighted by Crippen LogP contribution is -3.00. The van der Waals surface area contributed by atoms with Crippen LogP contribution in [0.15, 0.2) is 55.6 Å². The van der Waals surface area contributed by atoms with E-state index in [0.717, 1.165) is 0 Å². The van der Waals surface area contributed by atoms with Gasteiger partial charge in [0.25, 0.3) is 0 Å². The van der Waals surface area contributed by atoms with E-state index in [0.29, 0.717) is 12.1 Å². The van der Waals surface area contributed by atoms with Gasteiger partial charge in [0.05, 0.1) is 12.1 Å². The molecular formula is C22H32I2N4. The van der Waals surface area contributed by atoms with Gasteiger partial charge in [-0.2, -0.15) is 0 Å². The van der Waals surface area contributed by atoms with Crippen molar-refractivity contribution < 1.29 is 57.1 Å². The molecule has 0 saturated heterocycles. The van der Waals surface area contributed by atoms with Crippen molar-refractivity contribution in [2.75, 3.05) is 0 Å². The Bertz CT molecular complexity index is 837. The van der Waals surface area contributed by atoms with Crippen LogP contribution in [0.5, 0.6) is 0 Å². The van der Waals surface area contributed by atoms with Crippen molar-refractivity contribution in [3.05, 3.63) is 61.2 Å². The van der Waals surface area contributed by atoms with Gasteiger partial charge in [0.15, 0.2) is 0 Å². The summed E-state index contributed by atoms with van der Waals surface area (Å²) in [5.74, 6) is 0. The Morgan fingerprint density at radius 2 is 1.11 bits per heavy atom. The Hall–Kier alpha value is -0.900. The maximum atomic E-state index is 2.30. The van der Waals surface area contributed by atoms with Crippen LogP contribution in [-0.2, 0) is 5.41 Å². The third kappa shape index (κ3) is 5.58. The molecule has 0 amide bonds. The van der Waals surface area contributed by atoms with Gasteiger partial charge >= 0.3 is 0 Å². The summed E-state index contributed by atoms with van der Waals surface area (Å²) in [6.07, 6.45) is 12.9. The van der Waals surface area contributed by atoms with Gasteiger partial charge in [-0.25, -0.2) is 18.3 Å². The van der Waals surface area contributed by atoms with Crippen LogP contribution in [0.2, 0.25) is 0 Å². The molecule has 0 aliphatic heterocycles. The molecule has 0 spiro atoms. The summed E-state index contributed by atoms with van der Waals surface area (Å²) in [7, 11) is 0. The molecule has 0 fully saturated rings. The molecule has 28 heavy (non-hydrogen) atoms. The fourth-order valence-electron chi connectivity index (χ4n) is 2.98. The Labute approximate surface area is 203 Å². The predicted molar refractivity (Wildman–Crippen MR) is 105 cm³/mol. The number of halogens is 2. The van der Waals surface area contributed by atoms with E-state index in [1.807, 2.05) is 0 Å². The molecule has 0 saturated carbocycles. The van der Waals surface area contributed by atoms with Crippen LogP contribution < -0.4 is 57.1 Å². The van der Waals surface area contributed by atoms with Crippen molar-refractivity contribution in [2.45, 2.75) is 66.0 Å². The van der Waals surface area contributed by atoms with Gasteiger partial charge in [0, 0.05) is 6.07 Å². The maximum absolute atomic E-state index is 2.30. The topological polar surface area (TPSA) is 17.6 Å². The number of nitrogens with zero attached hydrogens (tertiary/aromatic N) is 4. The summed E-state index contributed by atoms with van der Waals surface area (Å²) in [6.45, 7) is 15.6. The summed E-state index contributed by atoms with van der Waals surface area (Å²) < 4.78 is 8.87. The lowest BCUT2D eigenvalue weighted by molar-refractivity contribution is -0.715. The van der Waals surface area contributed by atoms with Crippen molar-refractivity contribution in [3.8, 4) is 11.4 Å². The standard InChI is InChI=1S/C22H32N4.2HI/c1-17(2)23-8-10-25(15-23)20-12-19(22(5,6)7)13-21(14-20)26-11-9-24(16-26)18(3)4;;/h8-18H,1-7H3;2*1H/q+2;;/p-2. The first-order valence-electron chi connectivity index (χ1n) is 9.49. The van der Waals surface area contributed by atoms with Crippen LogP contribution in [0.25, 0.3) is 11.4 Å². The number of aromatic nitrogens is 4. The highest BCUT2D eigenvalue weighted by Crippen LogP contribution is 2.27. The SMILES string of the molecule is CC(C)[n+]1ccn(-c2cc(-n3cc[n+](C(C)C)c3)cc(C(C)(C)C)c2)c1.[I-].[I-]. The zero-order valence-corrected chi connectivity index (χ0v) is 22.2. The average Bonchev–Trinajstić information content (AvgIpc) is 3.23. The maximum Gasteiger partial charge on any atom is 0.249 e. The van der Waals surface area contributed by atoms with E-state index in [2.05, 4.69) is 122 Å². The van der Waals surface area contributed by atoms with Crippen LogP contribution in [0.1, 0.15) is 66.1 Å². The molecule has 3 aromatic rings. The van der Waals surface area contributed by atoms with Gasteiger partial charge in [-0.3, -0.25) is 0 Å². The minimum atomic E-state index is 0. The summed E-state index contributed by atoms with van der Waals surface area (Å²) in [5.41, 5.74) is 3.81. The molecule has 0 N–H and O–H groups in total. The fourth-order valence-corrected chi connectivity index (χ4v) is 2.98. The largest absolute Gasteiger partial charge is 1.00 e. The quantitative estimate of drug-likeness (QED) is 0.250. The summed E-state index contributed by atoms with van der Waals surface area (Å²) in [6, 6.07) is 7.76. The lowest BCUT2D eigenvalue weighted by atomic mass is 9.86. The predicted octanol–water partition coefficient (Wildman–Crippen LogP) is -1.69. The van der Waals surface area contributed by atoms with Gasteiger partial charge in [0.2, 0.25) is 12.7 Å². The highest BCUT2D eigenvalue weighted by atomic mass is 127. The molecule has 3 rings (SSSR count). The lowest BCUT2D eigenvalue weighted by Gasteiger charge is -2.19. The first-order valence-corrected chi connectivity index (χ1v) is 9.49. The molecule has 0 bridgehead atoms. The Morgan fingerprint density at radius 1 is 0.714 bits per heavy atom. The van der Waals surface area contributed by atoms with Crippen LogP contribution >= 0.6 is 0 Å². The first-order chi connectivity index (χ1) is 12.1. The molecule has 0 unspecified atom stereocenters. The van der Waals surface area contributed by atoms with E-state index in [9.17, 15) is 0 Å². The van der Waals surface area contributed by atoms with Crippen LogP contribution in [-0.4, -0.2) is 9.13 Å². The minimum absolute atomic E-state index is 0. The van der Waals surface area contributed by atoms with E-state index in [4.69, 9.17) is 0 Å². The molecule has 1 aromatic carbocycles. The zero-order valence-electron chi connectivity index (χ0n) is 17.9. The van der Waals surface area contributed by atoms with Gasteiger partial charge in [-0.05, 0) is 50.8 Å². The summed E-state index contributed by atoms with van der Waals surface area (Å²) in [4.78, 5) is 0. The molecule has 6 heteroatoms. The van der Waals surface area contributed by atoms with Crippen LogP contribution in [0.3, 0.4) is 0 Å². The van der Waals surface area contributed by atoms with E-state index in [1.165, 1.54) is 16.9 Å². The van der Waals surface area contributed by atoms with Gasteiger partial charge in [-0.15, -0.1) is 0 Å². The second kappa shape index (κ2) is 9.73. The molecule has 0 aliphatic rings. The third-order valence-corrected chi connectivity index (χ3v) is 4.87. The molecule has 2 heterocycles. The van der Waals surface area contributed by atoms with E-state index in [-0.39, 0.29) is 53.4 Å². The van der Waals surface area contributed by atoms with Crippen LogP contribution in [0, 0.1) is 0 Å².